The summed E-state index contributed by atoms with van der Waals surface area (Å²) in [4.78, 5) is 36.0. The van der Waals surface area contributed by atoms with E-state index in [0.29, 0.717) is 11.5 Å². The van der Waals surface area contributed by atoms with Gasteiger partial charge in [-0.05, 0) is 24.3 Å². The van der Waals surface area contributed by atoms with Crippen molar-refractivity contribution in [2.24, 2.45) is 0 Å². The van der Waals surface area contributed by atoms with Crippen LogP contribution >= 0.6 is 23.5 Å². The van der Waals surface area contributed by atoms with Gasteiger partial charge in [0.2, 0.25) is 4.27 Å². The Morgan fingerprint density at radius 1 is 0.619 bits per heavy atom. The van der Waals surface area contributed by atoms with Crippen molar-refractivity contribution in [1.82, 2.24) is 0 Å². The van der Waals surface area contributed by atoms with Crippen molar-refractivity contribution in [3.63, 3.8) is 0 Å². The zero-order chi connectivity index (χ0) is 31.3. The Hall–Kier alpha value is -0.930. The van der Waals surface area contributed by atoms with Crippen molar-refractivity contribution in [3.8, 4) is 0 Å². The van der Waals surface area contributed by atoms with Crippen LogP contribution in [0.5, 0.6) is 0 Å². The summed E-state index contributed by atoms with van der Waals surface area (Å²) in [5, 5.41) is 19.4. The summed E-state index contributed by atoms with van der Waals surface area (Å²) in [6.45, 7) is 5.62. The molecule has 2 N–H and O–H groups in total. The van der Waals surface area contributed by atoms with Crippen LogP contribution in [-0.4, -0.2) is 56.6 Å². The van der Waals surface area contributed by atoms with Crippen LogP contribution in [0.3, 0.4) is 0 Å². The first-order valence-corrected chi connectivity index (χ1v) is 18.8. The average molecular weight is 635 g/mol. The average Bonchev–Trinajstić information content (AvgIpc) is 2.96. The number of carboxylic acid groups (broad SMARTS) is 1. The number of carbonyl (C=O) groups is 3. The van der Waals surface area contributed by atoms with Gasteiger partial charge >= 0.3 is 17.9 Å². The van der Waals surface area contributed by atoms with Crippen LogP contribution in [0, 0.1) is 0 Å². The van der Waals surface area contributed by atoms with Crippen LogP contribution in [0.15, 0.2) is 0 Å². The molecule has 0 bridgehead atoms. The third kappa shape index (κ3) is 22.6. The van der Waals surface area contributed by atoms with Gasteiger partial charge in [0.05, 0.1) is 6.61 Å². The second-order valence-corrected chi connectivity index (χ2v) is 14.1. The third-order valence-corrected chi connectivity index (χ3v) is 10.5. The van der Waals surface area contributed by atoms with Crippen molar-refractivity contribution in [3.05, 3.63) is 0 Å². The number of carbonyl (C=O) groups excluding carboxylic acids is 2. The molecule has 0 aromatic carbocycles. The van der Waals surface area contributed by atoms with Crippen LogP contribution in [0.2, 0.25) is 0 Å². The second kappa shape index (κ2) is 28.8. The number of aliphatic carboxylic acids is 1. The summed E-state index contributed by atoms with van der Waals surface area (Å²) in [6.07, 6.45) is 22.3. The summed E-state index contributed by atoms with van der Waals surface area (Å²) < 4.78 is 9.98. The van der Waals surface area contributed by atoms with Crippen molar-refractivity contribution >= 4 is 41.4 Å². The Morgan fingerprint density at radius 3 is 1.33 bits per heavy atom. The van der Waals surface area contributed by atoms with Gasteiger partial charge in [-0.3, -0.25) is 14.4 Å². The lowest BCUT2D eigenvalue weighted by molar-refractivity contribution is -0.168. The van der Waals surface area contributed by atoms with Gasteiger partial charge in [-0.25, -0.2) is 0 Å². The molecule has 0 saturated carbocycles. The first-order chi connectivity index (χ1) is 20.3. The number of hydrogen-bond acceptors (Lipinski definition) is 8. The van der Waals surface area contributed by atoms with Crippen LogP contribution in [0.25, 0.3) is 0 Å². The zero-order valence-corrected chi connectivity index (χ0v) is 28.6. The maximum absolute atomic E-state index is 12.6. The van der Waals surface area contributed by atoms with Gasteiger partial charge in [-0.1, -0.05) is 160 Å². The summed E-state index contributed by atoms with van der Waals surface area (Å²) in [5.41, 5.74) is 0. The second-order valence-electron chi connectivity index (χ2n) is 11.2. The van der Waals surface area contributed by atoms with Crippen LogP contribution in [0.1, 0.15) is 162 Å². The third-order valence-electron chi connectivity index (χ3n) is 7.28. The Balaban J connectivity index is 5.06. The van der Waals surface area contributed by atoms with E-state index in [9.17, 15) is 19.5 Å². The highest BCUT2D eigenvalue weighted by Gasteiger charge is 2.46. The highest BCUT2D eigenvalue weighted by molar-refractivity contribution is 8.18. The normalized spacial score (nSPS) is 12.3. The topological polar surface area (TPSA) is 110 Å². The van der Waals surface area contributed by atoms with E-state index in [2.05, 4.69) is 13.8 Å². The van der Waals surface area contributed by atoms with E-state index in [1.54, 1.807) is 6.92 Å². The van der Waals surface area contributed by atoms with Gasteiger partial charge in [0.1, 0.15) is 6.42 Å². The number of ether oxygens (including phenoxy) is 2. The van der Waals surface area contributed by atoms with Gasteiger partial charge in [0.25, 0.3) is 0 Å². The standard InChI is InChI=1S/C33H62O7S2/c1-4-7-9-11-13-15-17-19-21-23-25-41-33(40-32(38)27-30(35)36,29(28-34)39-31(37)6-3)42-26-24-22-20-18-16-14-12-10-8-5-2/h29,34H,4-28H2,1-3H3,(H,35,36). The van der Waals surface area contributed by atoms with Crippen molar-refractivity contribution < 1.29 is 34.1 Å². The van der Waals surface area contributed by atoms with Gasteiger partial charge in [-0.15, -0.1) is 0 Å². The number of esters is 2. The Kier molecular flexibility index (Phi) is 28.2. The fourth-order valence-electron chi connectivity index (χ4n) is 4.74. The Morgan fingerprint density at radius 2 is 1.00 bits per heavy atom. The Labute approximate surface area is 265 Å². The van der Waals surface area contributed by atoms with Gasteiger partial charge in [-0.2, -0.15) is 0 Å². The summed E-state index contributed by atoms with van der Waals surface area (Å²) in [7, 11) is 0. The smallest absolute Gasteiger partial charge is 0.319 e. The van der Waals surface area contributed by atoms with Crippen LogP contribution in [0.4, 0.5) is 0 Å². The molecule has 1 unspecified atom stereocenters. The molecule has 0 radical (unpaired) electrons. The highest BCUT2D eigenvalue weighted by Crippen LogP contribution is 2.44. The number of carboxylic acids is 1. The molecule has 0 fully saturated rings. The van der Waals surface area contributed by atoms with Crippen LogP contribution in [-0.2, 0) is 23.9 Å². The lowest BCUT2D eigenvalue weighted by atomic mass is 10.1. The molecule has 1 atom stereocenters. The van der Waals surface area contributed by atoms with E-state index in [-0.39, 0.29) is 6.42 Å². The molecule has 9 heteroatoms. The van der Waals surface area contributed by atoms with E-state index < -0.39 is 41.3 Å². The molecule has 0 saturated heterocycles. The van der Waals surface area contributed by atoms with E-state index in [0.717, 1.165) is 38.5 Å². The molecular weight excluding hydrogens is 572 g/mol. The first kappa shape index (κ1) is 41.1. The summed E-state index contributed by atoms with van der Waals surface area (Å²) in [6, 6.07) is 0. The molecule has 0 aromatic rings. The highest BCUT2D eigenvalue weighted by atomic mass is 32.2. The van der Waals surface area contributed by atoms with Gasteiger partial charge in [0.15, 0.2) is 6.10 Å². The molecule has 0 aromatic heterocycles. The van der Waals surface area contributed by atoms with Gasteiger partial charge < -0.3 is 19.7 Å². The first-order valence-electron chi connectivity index (χ1n) is 16.9. The minimum Gasteiger partial charge on any atom is -0.481 e. The lowest BCUT2D eigenvalue weighted by Crippen LogP contribution is -2.46. The lowest BCUT2D eigenvalue weighted by Gasteiger charge is -2.37. The molecule has 0 rings (SSSR count). The SMILES string of the molecule is CCCCCCCCCCCCSC(OC(=O)CC(=O)O)(SCCCCCCCCCCCC)C(CO)OC(=O)CC. The Bertz CT molecular complexity index is 649. The van der Waals surface area contributed by atoms with Crippen LogP contribution < -0.4 is 0 Å². The molecule has 0 heterocycles. The number of rotatable bonds is 31. The minimum atomic E-state index is -1.38. The molecule has 0 spiro atoms. The quantitative estimate of drug-likeness (QED) is 0.0333. The summed E-state index contributed by atoms with van der Waals surface area (Å²) in [5.74, 6) is -1.35. The van der Waals surface area contributed by atoms with Crippen molar-refractivity contribution in [1.29, 1.82) is 0 Å². The predicted octanol–water partition coefficient (Wildman–Crippen LogP) is 9.28. The maximum atomic E-state index is 12.6. The monoisotopic (exact) mass is 634 g/mol. The van der Waals surface area contributed by atoms with E-state index in [4.69, 9.17) is 14.6 Å². The van der Waals surface area contributed by atoms with Gasteiger partial charge in [0, 0.05) is 6.42 Å². The fraction of sp³-hybridized carbons (Fsp3) is 0.909. The van der Waals surface area contributed by atoms with E-state index >= 15 is 0 Å². The number of thioether (sulfide) groups is 2. The molecule has 42 heavy (non-hydrogen) atoms. The van der Waals surface area contributed by atoms with Crippen molar-refractivity contribution in [2.45, 2.75) is 172 Å². The van der Waals surface area contributed by atoms with E-state index in [1.807, 2.05) is 0 Å². The predicted molar refractivity (Wildman–Crippen MR) is 177 cm³/mol. The van der Waals surface area contributed by atoms with E-state index in [1.165, 1.54) is 113 Å². The molecule has 7 nitrogen and oxygen atoms in total. The number of aliphatic hydroxyl groups excluding tert-OH is 1. The molecule has 0 aliphatic rings. The minimum absolute atomic E-state index is 0.127. The molecule has 0 aliphatic carbocycles. The number of hydrogen-bond donors (Lipinski definition) is 2. The maximum Gasteiger partial charge on any atom is 0.319 e. The summed E-state index contributed by atoms with van der Waals surface area (Å²) >= 11 is 2.72. The largest absolute Gasteiger partial charge is 0.481 e. The molecular formula is C33H62O7S2. The molecule has 0 aliphatic heterocycles. The number of unbranched alkanes of at least 4 members (excludes halogenated alkanes) is 18. The molecule has 0 amide bonds. The number of aliphatic hydroxyl groups is 1. The van der Waals surface area contributed by atoms with Crippen molar-refractivity contribution in [2.75, 3.05) is 18.1 Å². The molecule has 248 valence electrons. The fourth-order valence-corrected chi connectivity index (χ4v) is 7.76. The zero-order valence-electron chi connectivity index (χ0n) is 27.0.